The van der Waals surface area contributed by atoms with Gasteiger partial charge in [0.25, 0.3) is 0 Å². The molecule has 0 aromatic carbocycles. The molecule has 7 heteroatoms. The van der Waals surface area contributed by atoms with E-state index in [9.17, 15) is 9.59 Å². The molecule has 0 atom stereocenters. The lowest BCUT2D eigenvalue weighted by Crippen LogP contribution is -2.22. The van der Waals surface area contributed by atoms with Gasteiger partial charge in [-0.1, -0.05) is 13.8 Å². The van der Waals surface area contributed by atoms with Crippen LogP contribution in [0.4, 0.5) is 5.69 Å². The fraction of sp³-hybridized carbons (Fsp3) is 0.500. The average molecular weight is 361 g/mol. The van der Waals surface area contributed by atoms with E-state index in [0.717, 1.165) is 48.4 Å². The fourth-order valence-corrected chi connectivity index (χ4v) is 3.78. The molecule has 3 rings (SSSR count). The molecule has 1 aliphatic rings. The average Bonchev–Trinajstić information content (AvgIpc) is 3.42. The topological polar surface area (TPSA) is 71.5 Å². The van der Waals surface area contributed by atoms with Gasteiger partial charge in [-0.3, -0.25) is 9.69 Å². The number of rotatable bonds is 7. The number of nitrogens with zero attached hydrogens (tertiary/aromatic N) is 2. The predicted molar refractivity (Wildman–Crippen MR) is 98.9 cm³/mol. The first kappa shape index (κ1) is 17.8. The van der Waals surface area contributed by atoms with Crippen LogP contribution >= 0.6 is 11.3 Å². The summed E-state index contributed by atoms with van der Waals surface area (Å²) in [7, 11) is 1.35. The molecule has 2 heterocycles. The monoisotopic (exact) mass is 361 g/mol. The molecule has 2 aromatic rings. The number of amides is 1. The molecule has 0 bridgehead atoms. The van der Waals surface area contributed by atoms with Gasteiger partial charge in [0.2, 0.25) is 5.91 Å². The molecule has 1 N–H and O–H groups in total. The number of hydrogen-bond donors (Lipinski definition) is 1. The molecule has 2 aromatic heterocycles. The van der Waals surface area contributed by atoms with Crippen LogP contribution < -0.4 is 5.32 Å². The number of carbonyl (C=O) groups is 2. The summed E-state index contributed by atoms with van der Waals surface area (Å²) in [5.41, 5.74) is 1.49. The Kier molecular flexibility index (Phi) is 5.34. The van der Waals surface area contributed by atoms with Crippen LogP contribution in [0.25, 0.3) is 10.2 Å². The number of pyridine rings is 1. The van der Waals surface area contributed by atoms with Crippen molar-refractivity contribution in [1.82, 2.24) is 9.88 Å². The number of methoxy groups -OCH3 is 1. The number of carbonyl (C=O) groups excluding carboxylic acids is 2. The minimum atomic E-state index is -0.445. The van der Waals surface area contributed by atoms with Crippen molar-refractivity contribution in [2.75, 3.05) is 25.5 Å². The summed E-state index contributed by atoms with van der Waals surface area (Å²) in [6.07, 6.45) is 1.82. The van der Waals surface area contributed by atoms with Gasteiger partial charge in [-0.25, -0.2) is 9.78 Å². The van der Waals surface area contributed by atoms with Crippen LogP contribution in [0.3, 0.4) is 0 Å². The van der Waals surface area contributed by atoms with Crippen molar-refractivity contribution >= 4 is 39.1 Å². The molecule has 0 spiro atoms. The van der Waals surface area contributed by atoms with Gasteiger partial charge in [0.05, 0.1) is 18.5 Å². The second-order valence-corrected chi connectivity index (χ2v) is 7.18. The third-order valence-corrected chi connectivity index (χ3v) is 5.54. The molecule has 0 saturated heterocycles. The maximum atomic E-state index is 12.2. The molecule has 0 unspecified atom stereocenters. The summed E-state index contributed by atoms with van der Waals surface area (Å²) in [6, 6.07) is 3.90. The lowest BCUT2D eigenvalue weighted by atomic mass is 10.2. The summed E-state index contributed by atoms with van der Waals surface area (Å²) < 4.78 is 4.88. The summed E-state index contributed by atoms with van der Waals surface area (Å²) in [4.78, 5) is 32.4. The van der Waals surface area contributed by atoms with Crippen LogP contribution in [-0.4, -0.2) is 42.0 Å². The summed E-state index contributed by atoms with van der Waals surface area (Å²) >= 11 is 1.27. The number of esters is 1. The summed E-state index contributed by atoms with van der Waals surface area (Å²) in [6.45, 7) is 6.91. The van der Waals surface area contributed by atoms with Crippen LogP contribution in [0.5, 0.6) is 0 Å². The van der Waals surface area contributed by atoms with Crippen molar-refractivity contribution in [3.05, 3.63) is 22.7 Å². The molecule has 6 nitrogen and oxygen atoms in total. The van der Waals surface area contributed by atoms with Crippen molar-refractivity contribution < 1.29 is 14.3 Å². The van der Waals surface area contributed by atoms with Crippen LogP contribution in [0.15, 0.2) is 12.1 Å². The molecule has 134 valence electrons. The van der Waals surface area contributed by atoms with Gasteiger partial charge in [-0.15, -0.1) is 11.3 Å². The van der Waals surface area contributed by atoms with Crippen LogP contribution in [-0.2, 0) is 16.1 Å². The first-order valence-corrected chi connectivity index (χ1v) is 9.42. The van der Waals surface area contributed by atoms with E-state index in [-0.39, 0.29) is 11.8 Å². The van der Waals surface area contributed by atoms with E-state index >= 15 is 0 Å². The van der Waals surface area contributed by atoms with E-state index in [0.29, 0.717) is 10.6 Å². The van der Waals surface area contributed by atoms with E-state index in [1.165, 1.54) is 18.4 Å². The fourth-order valence-electron chi connectivity index (χ4n) is 2.71. The Morgan fingerprint density at radius 2 is 2.04 bits per heavy atom. The lowest BCUT2D eigenvalue weighted by Gasteiger charge is -2.17. The van der Waals surface area contributed by atoms with Gasteiger partial charge >= 0.3 is 5.97 Å². The van der Waals surface area contributed by atoms with Gasteiger partial charge in [0.15, 0.2) is 0 Å². The number of fused-ring (bicyclic) bond motifs is 1. The van der Waals surface area contributed by atoms with Crippen molar-refractivity contribution in [3.63, 3.8) is 0 Å². The summed E-state index contributed by atoms with van der Waals surface area (Å²) in [5, 5.41) is 3.71. The summed E-state index contributed by atoms with van der Waals surface area (Å²) in [5.74, 6) is -0.410. The normalized spacial score (nSPS) is 14.1. The maximum Gasteiger partial charge on any atom is 0.350 e. The molecule has 25 heavy (non-hydrogen) atoms. The van der Waals surface area contributed by atoms with E-state index in [2.05, 4.69) is 24.1 Å². The number of thiophene rings is 1. The predicted octanol–water partition coefficient (Wildman–Crippen LogP) is 3.27. The van der Waals surface area contributed by atoms with Gasteiger partial charge < -0.3 is 10.1 Å². The van der Waals surface area contributed by atoms with Gasteiger partial charge in [0, 0.05) is 17.8 Å². The minimum absolute atomic E-state index is 0.0305. The van der Waals surface area contributed by atoms with E-state index < -0.39 is 5.97 Å². The zero-order chi connectivity index (χ0) is 18.0. The van der Waals surface area contributed by atoms with Crippen LogP contribution in [0, 0.1) is 5.92 Å². The SMILES string of the molecule is CCN(CC)Cc1ccc2c(NC(=O)C3CC3)c(C(=O)OC)sc2n1. The minimum Gasteiger partial charge on any atom is -0.465 e. The first-order chi connectivity index (χ1) is 12.1. The molecule has 0 radical (unpaired) electrons. The van der Waals surface area contributed by atoms with Crippen molar-refractivity contribution in [3.8, 4) is 0 Å². The zero-order valence-electron chi connectivity index (χ0n) is 14.8. The molecule has 0 aliphatic heterocycles. The molecule has 1 fully saturated rings. The Hall–Kier alpha value is -1.99. The second-order valence-electron chi connectivity index (χ2n) is 6.18. The van der Waals surface area contributed by atoms with E-state index in [1.54, 1.807) is 0 Å². The number of nitrogens with one attached hydrogen (secondary N) is 1. The van der Waals surface area contributed by atoms with E-state index in [4.69, 9.17) is 9.72 Å². The number of anilines is 1. The van der Waals surface area contributed by atoms with Crippen molar-refractivity contribution in [2.24, 2.45) is 5.92 Å². The number of ether oxygens (including phenoxy) is 1. The van der Waals surface area contributed by atoms with Gasteiger partial charge in [0.1, 0.15) is 9.71 Å². The highest BCUT2D eigenvalue weighted by Crippen LogP contribution is 2.37. The largest absolute Gasteiger partial charge is 0.465 e. The Labute approximate surface area is 151 Å². The van der Waals surface area contributed by atoms with Crippen LogP contribution in [0.2, 0.25) is 0 Å². The third-order valence-electron chi connectivity index (χ3n) is 4.46. The van der Waals surface area contributed by atoms with Crippen LogP contribution in [0.1, 0.15) is 42.1 Å². The Morgan fingerprint density at radius 3 is 2.64 bits per heavy atom. The van der Waals surface area contributed by atoms with E-state index in [1.807, 2.05) is 12.1 Å². The van der Waals surface area contributed by atoms with Gasteiger partial charge in [-0.2, -0.15) is 0 Å². The molecular weight excluding hydrogens is 338 g/mol. The molecule has 1 saturated carbocycles. The number of hydrogen-bond acceptors (Lipinski definition) is 6. The first-order valence-electron chi connectivity index (χ1n) is 8.61. The molecule has 1 amide bonds. The Balaban J connectivity index is 1.96. The number of aromatic nitrogens is 1. The Morgan fingerprint density at radius 1 is 1.32 bits per heavy atom. The third kappa shape index (κ3) is 3.82. The smallest absolute Gasteiger partial charge is 0.350 e. The zero-order valence-corrected chi connectivity index (χ0v) is 15.6. The maximum absolute atomic E-state index is 12.2. The van der Waals surface area contributed by atoms with Crippen molar-refractivity contribution in [2.45, 2.75) is 33.2 Å². The lowest BCUT2D eigenvalue weighted by molar-refractivity contribution is -0.117. The van der Waals surface area contributed by atoms with Crippen molar-refractivity contribution in [1.29, 1.82) is 0 Å². The second kappa shape index (κ2) is 7.49. The standard InChI is InChI=1S/C18H23N3O3S/c1-4-21(5-2)10-12-8-9-13-14(20-16(22)11-6-7-11)15(18(23)24-3)25-17(13)19-12/h8-9,11H,4-7,10H2,1-3H3,(H,20,22). The quantitative estimate of drug-likeness (QED) is 0.766. The highest BCUT2D eigenvalue weighted by Gasteiger charge is 2.31. The molecule has 1 aliphatic carbocycles. The molecular formula is C18H23N3O3S. The Bertz CT molecular complexity index is 794. The highest BCUT2D eigenvalue weighted by molar-refractivity contribution is 7.21. The van der Waals surface area contributed by atoms with Gasteiger partial charge in [-0.05, 0) is 38.1 Å². The highest BCUT2D eigenvalue weighted by atomic mass is 32.1.